The Morgan fingerprint density at radius 2 is 1.52 bits per heavy atom. The Bertz CT molecular complexity index is 977. The van der Waals surface area contributed by atoms with Crippen LogP contribution in [-0.2, 0) is 20.8 Å². The van der Waals surface area contributed by atoms with Gasteiger partial charge in [0.05, 0.1) is 11.3 Å². The minimum Gasteiger partial charge on any atom is -0.374 e. The van der Waals surface area contributed by atoms with Crippen molar-refractivity contribution in [2.45, 2.75) is 32.4 Å². The fourth-order valence-electron chi connectivity index (χ4n) is 2.59. The zero-order chi connectivity index (χ0) is 23.1. The van der Waals surface area contributed by atoms with Gasteiger partial charge in [0.15, 0.2) is 0 Å². The van der Waals surface area contributed by atoms with Crippen LogP contribution >= 0.6 is 0 Å². The fourth-order valence-corrected chi connectivity index (χ4v) is 2.59. The lowest BCUT2D eigenvalue weighted by atomic mass is 10.1. The first-order valence-corrected chi connectivity index (χ1v) is 9.15. The summed E-state index contributed by atoms with van der Waals surface area (Å²) in [6, 6.07) is 6.11. The van der Waals surface area contributed by atoms with Crippen molar-refractivity contribution in [3.63, 3.8) is 0 Å². The SMILES string of the molecule is C[C@H](NC(=O)Cc1cc(F)cc(F)c1)C(=O)NC(=O)[C@H](C)Nc1ccc([N+](=O)[O-])cc1. The summed E-state index contributed by atoms with van der Waals surface area (Å²) in [7, 11) is 0. The number of rotatable bonds is 8. The molecule has 0 fully saturated rings. The van der Waals surface area contributed by atoms with Gasteiger partial charge in [-0.1, -0.05) is 0 Å². The second kappa shape index (κ2) is 10.2. The van der Waals surface area contributed by atoms with E-state index in [9.17, 15) is 33.3 Å². The number of nitro groups is 1. The molecule has 0 radical (unpaired) electrons. The largest absolute Gasteiger partial charge is 0.374 e. The van der Waals surface area contributed by atoms with Gasteiger partial charge in [0.25, 0.3) is 5.69 Å². The third-order valence-electron chi connectivity index (χ3n) is 4.16. The molecule has 3 amide bonds. The molecular weight excluding hydrogens is 414 g/mol. The second-order valence-corrected chi connectivity index (χ2v) is 6.77. The monoisotopic (exact) mass is 434 g/mol. The summed E-state index contributed by atoms with van der Waals surface area (Å²) < 4.78 is 26.4. The number of anilines is 1. The van der Waals surface area contributed by atoms with E-state index < -0.39 is 46.4 Å². The lowest BCUT2D eigenvalue weighted by Crippen LogP contribution is -2.50. The summed E-state index contributed by atoms with van der Waals surface area (Å²) in [5, 5.41) is 17.9. The van der Waals surface area contributed by atoms with E-state index in [1.54, 1.807) is 0 Å². The molecule has 2 atom stereocenters. The second-order valence-electron chi connectivity index (χ2n) is 6.77. The Kier molecular flexibility index (Phi) is 7.72. The zero-order valence-electron chi connectivity index (χ0n) is 16.6. The highest BCUT2D eigenvalue weighted by molar-refractivity contribution is 6.01. The number of nitrogens with one attached hydrogen (secondary N) is 3. The Hall–Kier alpha value is -3.89. The molecule has 9 nitrogen and oxygen atoms in total. The molecule has 0 aliphatic carbocycles. The molecule has 0 aliphatic heterocycles. The standard InChI is InChI=1S/C20H20F2N4O5/c1-11(23-16-3-5-17(6-4-16)26(30)31)19(28)25-20(29)12(2)24-18(27)9-13-7-14(21)10-15(22)8-13/h3-8,10-12,23H,9H2,1-2H3,(H,24,27)(H,25,28,29)/t11-,12-/m0/s1. The van der Waals surface area contributed by atoms with Crippen molar-refractivity contribution >= 4 is 29.1 Å². The number of benzene rings is 2. The molecule has 0 unspecified atom stereocenters. The zero-order valence-corrected chi connectivity index (χ0v) is 16.6. The molecule has 11 heteroatoms. The van der Waals surface area contributed by atoms with Gasteiger partial charge in [0.1, 0.15) is 23.7 Å². The van der Waals surface area contributed by atoms with Crippen molar-refractivity contribution in [2.75, 3.05) is 5.32 Å². The van der Waals surface area contributed by atoms with Crippen LogP contribution in [0, 0.1) is 21.7 Å². The molecule has 2 rings (SSSR count). The average Bonchev–Trinajstić information content (AvgIpc) is 2.67. The van der Waals surface area contributed by atoms with E-state index in [2.05, 4.69) is 16.0 Å². The van der Waals surface area contributed by atoms with Crippen LogP contribution in [0.2, 0.25) is 0 Å². The number of imide groups is 1. The van der Waals surface area contributed by atoms with Gasteiger partial charge in [-0.3, -0.25) is 29.8 Å². The van der Waals surface area contributed by atoms with Crippen molar-refractivity contribution in [2.24, 2.45) is 0 Å². The van der Waals surface area contributed by atoms with Crippen molar-refractivity contribution in [1.29, 1.82) is 0 Å². The van der Waals surface area contributed by atoms with E-state index in [4.69, 9.17) is 0 Å². The lowest BCUT2D eigenvalue weighted by Gasteiger charge is -2.17. The normalized spacial score (nSPS) is 12.4. The first-order valence-electron chi connectivity index (χ1n) is 9.15. The predicted molar refractivity (Wildman–Crippen MR) is 107 cm³/mol. The topological polar surface area (TPSA) is 130 Å². The smallest absolute Gasteiger partial charge is 0.269 e. The van der Waals surface area contributed by atoms with Gasteiger partial charge < -0.3 is 10.6 Å². The first-order chi connectivity index (χ1) is 14.5. The van der Waals surface area contributed by atoms with E-state index in [-0.39, 0.29) is 17.7 Å². The van der Waals surface area contributed by atoms with E-state index in [1.165, 1.54) is 38.1 Å². The third kappa shape index (κ3) is 7.14. The van der Waals surface area contributed by atoms with Crippen LogP contribution in [0.3, 0.4) is 0 Å². The van der Waals surface area contributed by atoms with Crippen LogP contribution in [0.1, 0.15) is 19.4 Å². The Morgan fingerprint density at radius 3 is 2.06 bits per heavy atom. The van der Waals surface area contributed by atoms with E-state index in [0.717, 1.165) is 12.1 Å². The van der Waals surface area contributed by atoms with Crippen molar-refractivity contribution in [3.8, 4) is 0 Å². The van der Waals surface area contributed by atoms with Gasteiger partial charge in [0.2, 0.25) is 17.7 Å². The number of amides is 3. The molecule has 0 saturated heterocycles. The maximum absolute atomic E-state index is 13.2. The quantitative estimate of drug-likeness (QED) is 0.431. The first kappa shape index (κ1) is 23.4. The molecule has 164 valence electrons. The molecule has 0 heterocycles. The van der Waals surface area contributed by atoms with E-state index in [1.807, 2.05) is 0 Å². The number of hydrogen-bond acceptors (Lipinski definition) is 6. The average molecular weight is 434 g/mol. The number of nitrogens with zero attached hydrogens (tertiary/aromatic N) is 1. The molecule has 31 heavy (non-hydrogen) atoms. The number of carbonyl (C=O) groups is 3. The van der Waals surface area contributed by atoms with Crippen molar-refractivity contribution in [3.05, 3.63) is 69.8 Å². The molecule has 2 aromatic carbocycles. The van der Waals surface area contributed by atoms with Gasteiger partial charge in [-0.25, -0.2) is 8.78 Å². The molecule has 0 spiro atoms. The molecule has 0 aromatic heterocycles. The molecule has 0 aliphatic rings. The summed E-state index contributed by atoms with van der Waals surface area (Å²) in [4.78, 5) is 46.5. The highest BCUT2D eigenvalue weighted by atomic mass is 19.1. The molecular formula is C20H20F2N4O5. The van der Waals surface area contributed by atoms with Crippen LogP contribution in [0.4, 0.5) is 20.2 Å². The number of hydrogen-bond donors (Lipinski definition) is 3. The summed E-state index contributed by atoms with van der Waals surface area (Å²) in [5.74, 6) is -3.77. The number of carbonyl (C=O) groups excluding carboxylic acids is 3. The van der Waals surface area contributed by atoms with Crippen molar-refractivity contribution in [1.82, 2.24) is 10.6 Å². The fraction of sp³-hybridized carbons (Fsp3) is 0.250. The van der Waals surface area contributed by atoms with E-state index in [0.29, 0.717) is 11.8 Å². The highest BCUT2D eigenvalue weighted by Crippen LogP contribution is 2.16. The Morgan fingerprint density at radius 1 is 0.968 bits per heavy atom. The predicted octanol–water partition coefficient (Wildman–Crippen LogP) is 2.06. The van der Waals surface area contributed by atoms with Crippen LogP contribution in [-0.4, -0.2) is 34.7 Å². The van der Waals surface area contributed by atoms with Gasteiger partial charge in [-0.05, 0) is 43.7 Å². The molecule has 2 aromatic rings. The van der Waals surface area contributed by atoms with Gasteiger partial charge in [-0.15, -0.1) is 0 Å². The minimum atomic E-state index is -1.08. The summed E-state index contributed by atoms with van der Waals surface area (Å²) in [5.41, 5.74) is 0.423. The summed E-state index contributed by atoms with van der Waals surface area (Å²) in [6.45, 7) is 2.83. The maximum Gasteiger partial charge on any atom is 0.269 e. The molecule has 3 N–H and O–H groups in total. The lowest BCUT2D eigenvalue weighted by molar-refractivity contribution is -0.384. The van der Waals surface area contributed by atoms with E-state index >= 15 is 0 Å². The molecule has 0 bridgehead atoms. The van der Waals surface area contributed by atoms with Crippen LogP contribution in [0.25, 0.3) is 0 Å². The van der Waals surface area contributed by atoms with Crippen molar-refractivity contribution < 1.29 is 28.1 Å². The third-order valence-corrected chi connectivity index (χ3v) is 4.16. The summed E-state index contributed by atoms with van der Waals surface area (Å²) in [6.07, 6.45) is -0.349. The number of halogens is 2. The highest BCUT2D eigenvalue weighted by Gasteiger charge is 2.21. The van der Waals surface area contributed by atoms with Gasteiger partial charge >= 0.3 is 0 Å². The Balaban J connectivity index is 1.85. The molecule has 0 saturated carbocycles. The van der Waals surface area contributed by atoms with Crippen LogP contribution in [0.15, 0.2) is 42.5 Å². The van der Waals surface area contributed by atoms with Crippen LogP contribution < -0.4 is 16.0 Å². The number of nitro benzene ring substituents is 1. The van der Waals surface area contributed by atoms with Crippen LogP contribution in [0.5, 0.6) is 0 Å². The maximum atomic E-state index is 13.2. The number of non-ortho nitro benzene ring substituents is 1. The van der Waals surface area contributed by atoms with Gasteiger partial charge in [-0.2, -0.15) is 0 Å². The minimum absolute atomic E-state index is 0.0969. The Labute approximate surface area is 176 Å². The summed E-state index contributed by atoms with van der Waals surface area (Å²) >= 11 is 0. The van der Waals surface area contributed by atoms with Gasteiger partial charge in [0, 0.05) is 23.9 Å².